The third-order valence-corrected chi connectivity index (χ3v) is 2.33. The minimum atomic E-state index is 0.574. The van der Waals surface area contributed by atoms with Gasteiger partial charge in [0.05, 0.1) is 0 Å². The first kappa shape index (κ1) is 10.3. The smallest absolute Gasteiger partial charge is 0.0148 e. The molecular weight excluding hydrogens is 158 g/mol. The minimum absolute atomic E-state index is 0.574. The summed E-state index contributed by atoms with van der Waals surface area (Å²) in [6.07, 6.45) is 8.95. The Balaban J connectivity index is 2.75. The SMILES string of the molecule is C/C=C1\C=CC(C)=CC1CN(C)C. The lowest BCUT2D eigenvalue weighted by atomic mass is 9.91. The molecule has 1 rings (SSSR count). The summed E-state index contributed by atoms with van der Waals surface area (Å²) < 4.78 is 0. The molecule has 1 nitrogen and oxygen atoms in total. The topological polar surface area (TPSA) is 3.24 Å². The molecule has 0 saturated heterocycles. The van der Waals surface area contributed by atoms with Crippen LogP contribution in [0.1, 0.15) is 13.8 Å². The summed E-state index contributed by atoms with van der Waals surface area (Å²) >= 11 is 0. The summed E-state index contributed by atoms with van der Waals surface area (Å²) in [6.45, 7) is 5.36. The largest absolute Gasteiger partial charge is 0.308 e. The predicted molar refractivity (Wildman–Crippen MR) is 58.7 cm³/mol. The number of nitrogens with zero attached hydrogens (tertiary/aromatic N) is 1. The van der Waals surface area contributed by atoms with Crippen molar-refractivity contribution in [2.24, 2.45) is 5.92 Å². The first-order chi connectivity index (χ1) is 6.13. The van der Waals surface area contributed by atoms with Crippen LogP contribution in [0.5, 0.6) is 0 Å². The van der Waals surface area contributed by atoms with Gasteiger partial charge in [-0.15, -0.1) is 0 Å². The van der Waals surface area contributed by atoms with Gasteiger partial charge in [0.2, 0.25) is 0 Å². The fraction of sp³-hybridized carbons (Fsp3) is 0.500. The second-order valence-electron chi connectivity index (χ2n) is 3.90. The maximum Gasteiger partial charge on any atom is 0.0148 e. The summed E-state index contributed by atoms with van der Waals surface area (Å²) in [5.41, 5.74) is 2.80. The molecule has 0 bridgehead atoms. The molecule has 1 aliphatic rings. The van der Waals surface area contributed by atoms with Gasteiger partial charge < -0.3 is 4.90 Å². The van der Waals surface area contributed by atoms with E-state index in [0.29, 0.717) is 5.92 Å². The van der Waals surface area contributed by atoms with E-state index in [1.807, 2.05) is 0 Å². The normalized spacial score (nSPS) is 25.5. The molecule has 0 aromatic carbocycles. The van der Waals surface area contributed by atoms with E-state index in [4.69, 9.17) is 0 Å². The van der Waals surface area contributed by atoms with Gasteiger partial charge >= 0.3 is 0 Å². The third-order valence-electron chi connectivity index (χ3n) is 2.33. The Bertz CT molecular complexity index is 256. The maximum atomic E-state index is 2.34. The number of hydrogen-bond donors (Lipinski definition) is 0. The standard InChI is InChI=1S/C12H19N/c1-5-11-7-6-10(2)8-12(11)9-13(3)4/h5-8,12H,9H2,1-4H3/b11-5+. The highest BCUT2D eigenvalue weighted by atomic mass is 15.1. The first-order valence-corrected chi connectivity index (χ1v) is 4.81. The molecule has 0 radical (unpaired) electrons. The highest BCUT2D eigenvalue weighted by Crippen LogP contribution is 2.22. The van der Waals surface area contributed by atoms with E-state index in [-0.39, 0.29) is 0 Å². The molecule has 1 aliphatic carbocycles. The van der Waals surface area contributed by atoms with Crippen LogP contribution in [0.4, 0.5) is 0 Å². The Morgan fingerprint density at radius 2 is 2.08 bits per heavy atom. The van der Waals surface area contributed by atoms with Gasteiger partial charge in [0.1, 0.15) is 0 Å². The van der Waals surface area contributed by atoms with Gasteiger partial charge in [-0.05, 0) is 33.5 Å². The molecule has 0 N–H and O–H groups in total. The second-order valence-corrected chi connectivity index (χ2v) is 3.90. The third kappa shape index (κ3) is 2.85. The minimum Gasteiger partial charge on any atom is -0.308 e. The summed E-state index contributed by atoms with van der Waals surface area (Å²) in [4.78, 5) is 2.23. The van der Waals surface area contributed by atoms with E-state index in [1.54, 1.807) is 0 Å². The van der Waals surface area contributed by atoms with Crippen LogP contribution in [0.15, 0.2) is 35.5 Å². The molecule has 0 aliphatic heterocycles. The van der Waals surface area contributed by atoms with Crippen molar-refractivity contribution in [1.29, 1.82) is 0 Å². The molecule has 1 unspecified atom stereocenters. The summed E-state index contributed by atoms with van der Waals surface area (Å²) in [7, 11) is 4.24. The van der Waals surface area contributed by atoms with Crippen molar-refractivity contribution < 1.29 is 0 Å². The van der Waals surface area contributed by atoms with E-state index >= 15 is 0 Å². The molecule has 0 amide bonds. The molecule has 1 heteroatoms. The van der Waals surface area contributed by atoms with Crippen LogP contribution < -0.4 is 0 Å². The molecule has 0 aromatic heterocycles. The van der Waals surface area contributed by atoms with Crippen LogP contribution in [-0.4, -0.2) is 25.5 Å². The maximum absolute atomic E-state index is 2.34. The van der Waals surface area contributed by atoms with Gasteiger partial charge in [0, 0.05) is 12.5 Å². The Kier molecular flexibility index (Phi) is 3.49. The Labute approximate surface area is 81.4 Å². The van der Waals surface area contributed by atoms with Crippen molar-refractivity contribution in [3.8, 4) is 0 Å². The Hall–Kier alpha value is -0.820. The molecule has 0 saturated carbocycles. The van der Waals surface area contributed by atoms with Crippen LogP contribution in [0.25, 0.3) is 0 Å². The average molecular weight is 177 g/mol. The quantitative estimate of drug-likeness (QED) is 0.626. The van der Waals surface area contributed by atoms with Crippen molar-refractivity contribution in [3.05, 3.63) is 35.5 Å². The van der Waals surface area contributed by atoms with E-state index in [2.05, 4.69) is 57.1 Å². The zero-order valence-corrected chi connectivity index (χ0v) is 9.04. The lowest BCUT2D eigenvalue weighted by molar-refractivity contribution is 0.380. The second kappa shape index (κ2) is 4.43. The van der Waals surface area contributed by atoms with Gasteiger partial charge in [0.25, 0.3) is 0 Å². The monoisotopic (exact) mass is 177 g/mol. The van der Waals surface area contributed by atoms with Crippen LogP contribution in [0.2, 0.25) is 0 Å². The van der Waals surface area contributed by atoms with E-state index in [0.717, 1.165) is 6.54 Å². The first-order valence-electron chi connectivity index (χ1n) is 4.81. The summed E-state index contributed by atoms with van der Waals surface area (Å²) in [5, 5.41) is 0. The molecule has 0 spiro atoms. The van der Waals surface area contributed by atoms with Crippen LogP contribution in [0, 0.1) is 5.92 Å². The highest BCUT2D eigenvalue weighted by molar-refractivity contribution is 5.37. The molecule has 1 atom stereocenters. The number of hydrogen-bond acceptors (Lipinski definition) is 1. The van der Waals surface area contributed by atoms with Gasteiger partial charge in [0.15, 0.2) is 0 Å². The molecule has 0 aromatic rings. The van der Waals surface area contributed by atoms with E-state index < -0.39 is 0 Å². The fourth-order valence-corrected chi connectivity index (χ4v) is 1.68. The number of allylic oxidation sites excluding steroid dienone is 4. The molecular formula is C12H19N. The van der Waals surface area contributed by atoms with Crippen LogP contribution in [0.3, 0.4) is 0 Å². The van der Waals surface area contributed by atoms with Crippen molar-refractivity contribution in [3.63, 3.8) is 0 Å². The van der Waals surface area contributed by atoms with Crippen molar-refractivity contribution in [2.75, 3.05) is 20.6 Å². The molecule has 0 heterocycles. The van der Waals surface area contributed by atoms with E-state index in [1.165, 1.54) is 11.1 Å². The van der Waals surface area contributed by atoms with Crippen molar-refractivity contribution >= 4 is 0 Å². The fourth-order valence-electron chi connectivity index (χ4n) is 1.68. The van der Waals surface area contributed by atoms with Gasteiger partial charge in [-0.3, -0.25) is 0 Å². The predicted octanol–water partition coefficient (Wildman–Crippen LogP) is 2.63. The summed E-state index contributed by atoms with van der Waals surface area (Å²) in [6, 6.07) is 0. The van der Waals surface area contributed by atoms with Crippen molar-refractivity contribution in [1.82, 2.24) is 4.90 Å². The average Bonchev–Trinajstić information content (AvgIpc) is 2.03. The number of rotatable bonds is 2. The molecule has 72 valence electrons. The summed E-state index contributed by atoms with van der Waals surface area (Å²) in [5.74, 6) is 0.574. The lowest BCUT2D eigenvalue weighted by Gasteiger charge is -2.22. The zero-order valence-electron chi connectivity index (χ0n) is 9.04. The Morgan fingerprint density at radius 1 is 1.38 bits per heavy atom. The zero-order chi connectivity index (χ0) is 9.84. The lowest BCUT2D eigenvalue weighted by Crippen LogP contribution is -2.22. The Morgan fingerprint density at radius 3 is 2.62 bits per heavy atom. The van der Waals surface area contributed by atoms with Crippen LogP contribution in [-0.2, 0) is 0 Å². The van der Waals surface area contributed by atoms with E-state index in [9.17, 15) is 0 Å². The van der Waals surface area contributed by atoms with Crippen molar-refractivity contribution in [2.45, 2.75) is 13.8 Å². The van der Waals surface area contributed by atoms with Gasteiger partial charge in [-0.1, -0.05) is 29.9 Å². The molecule has 0 fully saturated rings. The van der Waals surface area contributed by atoms with Gasteiger partial charge in [-0.2, -0.15) is 0 Å². The molecule has 13 heavy (non-hydrogen) atoms. The highest BCUT2D eigenvalue weighted by Gasteiger charge is 2.12. The van der Waals surface area contributed by atoms with Crippen LogP contribution >= 0.6 is 0 Å². The van der Waals surface area contributed by atoms with Gasteiger partial charge in [-0.25, -0.2) is 0 Å².